The van der Waals surface area contributed by atoms with Crippen molar-refractivity contribution in [2.75, 3.05) is 0 Å². The average Bonchev–Trinajstić information content (AvgIpc) is 2.16. The molecule has 0 aromatic rings. The molecule has 0 amide bonds. The number of halogens is 3. The van der Waals surface area contributed by atoms with Gasteiger partial charge in [0.15, 0.2) is 0 Å². The topological polar surface area (TPSA) is 105 Å². The summed E-state index contributed by atoms with van der Waals surface area (Å²) in [5.41, 5.74) is 0. The van der Waals surface area contributed by atoms with E-state index in [2.05, 4.69) is 14.7 Å². The van der Waals surface area contributed by atoms with E-state index in [-0.39, 0.29) is 18.9 Å². The van der Waals surface area contributed by atoms with E-state index >= 15 is 0 Å². The van der Waals surface area contributed by atoms with E-state index in [1.807, 2.05) is 0 Å². The number of rotatable bonds is 4. The predicted molar refractivity (Wildman–Crippen MR) is 29.6 cm³/mol. The maximum Gasteiger partial charge on any atom is 1.00 e. The van der Waals surface area contributed by atoms with Crippen LogP contribution in [0.1, 0.15) is 6.42 Å². The van der Waals surface area contributed by atoms with Crippen molar-refractivity contribution in [3.63, 3.8) is 0 Å². The van der Waals surface area contributed by atoms with Gasteiger partial charge in [-0.05, 0) is 0 Å². The molecule has 0 rings (SSSR count). The Bertz CT molecular complexity index is 179. The van der Waals surface area contributed by atoms with Crippen molar-refractivity contribution in [3.05, 3.63) is 0 Å². The minimum Gasteiger partial charge on any atom is -0.827 e. The number of carboxylic acid groups (broad SMARTS) is 1. The molecular formula is C3H3BF3LiO7. The second-order valence-corrected chi connectivity index (χ2v) is 1.49. The molecule has 0 aromatic heterocycles. The van der Waals surface area contributed by atoms with E-state index in [0.29, 0.717) is 0 Å². The van der Waals surface area contributed by atoms with Crippen LogP contribution in [0, 0.1) is 0 Å². The molecule has 0 saturated heterocycles. The molecule has 12 heteroatoms. The Balaban J connectivity index is -0.000000187. The monoisotopic (exact) mass is 226 g/mol. The molecule has 0 aromatic carbocycles. The zero-order valence-corrected chi connectivity index (χ0v) is 7.32. The van der Waals surface area contributed by atoms with Crippen molar-refractivity contribution in [1.29, 1.82) is 0 Å². The summed E-state index contributed by atoms with van der Waals surface area (Å²) in [6, 6.07) is 0. The quantitative estimate of drug-likeness (QED) is 0.384. The Kier molecular flexibility index (Phi) is 17.5. The third-order valence-corrected chi connectivity index (χ3v) is 0.527. The van der Waals surface area contributed by atoms with Gasteiger partial charge >= 0.3 is 38.1 Å². The van der Waals surface area contributed by atoms with Gasteiger partial charge in [0.2, 0.25) is 0 Å². The first-order valence-corrected chi connectivity index (χ1v) is 2.71. The summed E-state index contributed by atoms with van der Waals surface area (Å²) >= 11 is 0. The maximum atomic E-state index is 10.6. The SMILES string of the molecule is O=C(O)CC(=O)OF.[Li+].[O-]B(OF)OF. The van der Waals surface area contributed by atoms with Crippen molar-refractivity contribution < 1.29 is 66.8 Å². The molecule has 1 N–H and O–H groups in total. The number of aliphatic carboxylic acids is 1. The van der Waals surface area contributed by atoms with Gasteiger partial charge in [-0.15, -0.1) is 0 Å². The molecule has 0 aliphatic heterocycles. The van der Waals surface area contributed by atoms with Gasteiger partial charge in [0.25, 0.3) is 0 Å². The van der Waals surface area contributed by atoms with Crippen LogP contribution in [0.4, 0.5) is 13.6 Å². The Morgan fingerprint density at radius 3 is 1.73 bits per heavy atom. The van der Waals surface area contributed by atoms with Crippen LogP contribution < -0.4 is 23.9 Å². The molecular weight excluding hydrogens is 223 g/mol. The van der Waals surface area contributed by atoms with Crippen molar-refractivity contribution in [2.24, 2.45) is 0 Å². The minimum atomic E-state index is -2.65. The predicted octanol–water partition coefficient (Wildman–Crippen LogP) is -3.97. The summed E-state index contributed by atoms with van der Waals surface area (Å²) in [6.45, 7) is 0. The third-order valence-electron chi connectivity index (χ3n) is 0.527. The first-order chi connectivity index (χ1) is 6.47. The summed E-state index contributed by atoms with van der Waals surface area (Å²) in [7, 11) is -2.65. The first kappa shape index (κ1) is 19.8. The average molecular weight is 226 g/mol. The molecule has 0 bridgehead atoms. The summed E-state index contributed by atoms with van der Waals surface area (Å²) < 4.78 is 31.1. The molecule has 0 spiro atoms. The largest absolute Gasteiger partial charge is 1.00 e. The van der Waals surface area contributed by atoms with Gasteiger partial charge in [0, 0.05) is 4.53 Å². The molecule has 0 atom stereocenters. The molecule has 0 aliphatic rings. The van der Waals surface area contributed by atoms with Crippen LogP contribution in [0.15, 0.2) is 0 Å². The standard InChI is InChI=1S/C3H3FO4.BF2O3.Li/c4-8-3(7)1-2(5)6;2-5-1(4)6-3;/h1H2,(H,5,6);;/q;-1;+1. The second-order valence-electron chi connectivity index (χ2n) is 1.49. The fraction of sp³-hybridized carbons (Fsp3) is 0.333. The number of carboxylic acids is 1. The number of carbonyl (C=O) groups excluding carboxylic acids is 1. The Morgan fingerprint density at radius 1 is 1.27 bits per heavy atom. The van der Waals surface area contributed by atoms with Crippen LogP contribution in [0.2, 0.25) is 0 Å². The molecule has 0 unspecified atom stereocenters. The van der Waals surface area contributed by atoms with Crippen molar-refractivity contribution in [2.45, 2.75) is 6.42 Å². The zero-order chi connectivity index (χ0) is 11.6. The Hall–Kier alpha value is -0.728. The van der Waals surface area contributed by atoms with Crippen molar-refractivity contribution in [3.8, 4) is 0 Å². The van der Waals surface area contributed by atoms with Crippen LogP contribution in [0.25, 0.3) is 0 Å². The first-order valence-electron chi connectivity index (χ1n) is 2.71. The molecule has 0 aliphatic carbocycles. The number of hydrogen-bond acceptors (Lipinski definition) is 6. The summed E-state index contributed by atoms with van der Waals surface area (Å²) in [5.74, 6) is -2.80. The molecule has 7 nitrogen and oxygen atoms in total. The number of hydrogen-bond donors (Lipinski definition) is 1. The Labute approximate surface area is 93.2 Å². The van der Waals surface area contributed by atoms with Crippen LogP contribution in [0.3, 0.4) is 0 Å². The molecule has 15 heavy (non-hydrogen) atoms. The van der Waals surface area contributed by atoms with E-state index in [0.717, 1.165) is 0 Å². The molecule has 0 radical (unpaired) electrons. The van der Waals surface area contributed by atoms with Crippen LogP contribution in [-0.2, 0) is 24.2 Å². The molecule has 82 valence electrons. The van der Waals surface area contributed by atoms with Crippen molar-refractivity contribution in [1.82, 2.24) is 0 Å². The van der Waals surface area contributed by atoms with E-state index < -0.39 is 25.7 Å². The number of carbonyl (C=O) groups is 2. The van der Waals surface area contributed by atoms with E-state index in [1.54, 1.807) is 0 Å². The van der Waals surface area contributed by atoms with Crippen LogP contribution >= 0.6 is 0 Å². The van der Waals surface area contributed by atoms with E-state index in [4.69, 9.17) is 10.1 Å². The van der Waals surface area contributed by atoms with Crippen LogP contribution in [-0.4, -0.2) is 24.4 Å². The summed E-state index contributed by atoms with van der Waals surface area (Å²) in [5, 5.41) is 16.8. The molecule has 0 saturated carbocycles. The van der Waals surface area contributed by atoms with Crippen LogP contribution in [0.5, 0.6) is 0 Å². The van der Waals surface area contributed by atoms with Gasteiger partial charge in [-0.25, -0.2) is 14.5 Å². The van der Waals surface area contributed by atoms with Gasteiger partial charge < -0.3 is 10.1 Å². The van der Waals surface area contributed by atoms with Gasteiger partial charge in [-0.1, -0.05) is 9.05 Å². The van der Waals surface area contributed by atoms with E-state index in [9.17, 15) is 23.2 Å². The summed E-state index contributed by atoms with van der Waals surface area (Å²) in [4.78, 5) is 26.2. The smallest absolute Gasteiger partial charge is 0.827 e. The van der Waals surface area contributed by atoms with Gasteiger partial charge in [-0.2, -0.15) is 0 Å². The second kappa shape index (κ2) is 13.3. The molecule has 0 heterocycles. The van der Waals surface area contributed by atoms with Crippen molar-refractivity contribution >= 4 is 19.3 Å². The Morgan fingerprint density at radius 2 is 1.67 bits per heavy atom. The van der Waals surface area contributed by atoms with Gasteiger partial charge in [0.1, 0.15) is 6.42 Å². The molecule has 0 fully saturated rings. The van der Waals surface area contributed by atoms with E-state index in [1.165, 1.54) is 0 Å². The maximum absolute atomic E-state index is 10.6. The fourth-order valence-electron chi connectivity index (χ4n) is 0.164. The normalized spacial score (nSPS) is 7.73. The summed E-state index contributed by atoms with van der Waals surface area (Å²) in [6.07, 6.45) is -0.934. The zero-order valence-electron chi connectivity index (χ0n) is 7.32. The minimum absolute atomic E-state index is 0. The van der Waals surface area contributed by atoms with Gasteiger partial charge in [0.05, 0.1) is 0 Å². The van der Waals surface area contributed by atoms with Gasteiger partial charge in [-0.3, -0.25) is 9.74 Å². The third kappa shape index (κ3) is 19.6. The fourth-order valence-corrected chi connectivity index (χ4v) is 0.164.